The van der Waals surface area contributed by atoms with Gasteiger partial charge >= 0.3 is 0 Å². The van der Waals surface area contributed by atoms with Crippen molar-refractivity contribution in [2.45, 2.75) is 6.10 Å². The number of nitrogens with one attached hydrogen (secondary N) is 1. The van der Waals surface area contributed by atoms with Crippen LogP contribution < -0.4 is 10.1 Å². The number of para-hydroxylation sites is 1. The second-order valence-corrected chi connectivity index (χ2v) is 3.77. The first-order chi connectivity index (χ1) is 8.77. The molecule has 5 heteroatoms. The maximum absolute atomic E-state index is 9.66. The van der Waals surface area contributed by atoms with Gasteiger partial charge in [-0.25, -0.2) is 0 Å². The average molecular weight is 250 g/mol. The van der Waals surface area contributed by atoms with Crippen molar-refractivity contribution in [3.8, 4) is 11.8 Å². The van der Waals surface area contributed by atoms with Gasteiger partial charge in [0.15, 0.2) is 0 Å². The molecule has 0 aliphatic heterocycles. The first-order valence-electron chi connectivity index (χ1n) is 5.77. The van der Waals surface area contributed by atoms with E-state index in [1.807, 2.05) is 6.07 Å². The third-order valence-electron chi connectivity index (χ3n) is 2.30. The molecule has 18 heavy (non-hydrogen) atoms. The fourth-order valence-electron chi connectivity index (χ4n) is 1.37. The normalized spacial score (nSPS) is 11.8. The Morgan fingerprint density at radius 3 is 2.94 bits per heavy atom. The number of aliphatic hydroxyl groups is 1. The molecular weight excluding hydrogens is 232 g/mol. The average Bonchev–Trinajstić information content (AvgIpc) is 2.41. The molecule has 0 spiro atoms. The summed E-state index contributed by atoms with van der Waals surface area (Å²) in [5, 5.41) is 21.6. The van der Waals surface area contributed by atoms with E-state index in [9.17, 15) is 5.11 Å². The molecule has 0 saturated heterocycles. The Bertz CT molecular complexity index is 390. The van der Waals surface area contributed by atoms with E-state index in [1.54, 1.807) is 31.4 Å². The van der Waals surface area contributed by atoms with Crippen LogP contribution in [0.4, 0.5) is 0 Å². The largest absolute Gasteiger partial charge is 0.489 e. The Morgan fingerprint density at radius 2 is 2.22 bits per heavy atom. The smallest absolute Gasteiger partial charge is 0.137 e. The van der Waals surface area contributed by atoms with Crippen LogP contribution in [0.15, 0.2) is 24.3 Å². The van der Waals surface area contributed by atoms with Crippen molar-refractivity contribution in [3.63, 3.8) is 0 Å². The van der Waals surface area contributed by atoms with Crippen molar-refractivity contribution in [1.82, 2.24) is 5.32 Å². The minimum atomic E-state index is -0.617. The summed E-state index contributed by atoms with van der Waals surface area (Å²) < 4.78 is 10.3. The maximum Gasteiger partial charge on any atom is 0.137 e. The number of hydrogen-bond acceptors (Lipinski definition) is 5. The first kappa shape index (κ1) is 14.5. The summed E-state index contributed by atoms with van der Waals surface area (Å²) in [5.41, 5.74) is 0.469. The van der Waals surface area contributed by atoms with Gasteiger partial charge in [0.05, 0.1) is 12.2 Å². The maximum atomic E-state index is 9.66. The van der Waals surface area contributed by atoms with Gasteiger partial charge in [0.1, 0.15) is 24.5 Å². The number of methoxy groups -OCH3 is 1. The molecule has 1 aromatic carbocycles. The Kier molecular flexibility index (Phi) is 6.81. The van der Waals surface area contributed by atoms with E-state index < -0.39 is 6.10 Å². The minimum absolute atomic E-state index is 0.151. The highest BCUT2D eigenvalue weighted by molar-refractivity contribution is 5.42. The molecule has 0 aromatic heterocycles. The molecular formula is C13H18N2O3. The molecule has 5 nitrogen and oxygen atoms in total. The molecule has 0 unspecified atom stereocenters. The number of nitriles is 1. The monoisotopic (exact) mass is 250 g/mol. The predicted molar refractivity (Wildman–Crippen MR) is 67.4 cm³/mol. The molecule has 2 N–H and O–H groups in total. The number of ether oxygens (including phenoxy) is 2. The van der Waals surface area contributed by atoms with E-state index in [4.69, 9.17) is 14.7 Å². The Morgan fingerprint density at radius 1 is 1.44 bits per heavy atom. The summed E-state index contributed by atoms with van der Waals surface area (Å²) in [4.78, 5) is 0. The summed E-state index contributed by atoms with van der Waals surface area (Å²) in [6, 6.07) is 8.99. The summed E-state index contributed by atoms with van der Waals surface area (Å²) in [6.45, 7) is 1.87. The van der Waals surface area contributed by atoms with Crippen LogP contribution in [0.2, 0.25) is 0 Å². The summed E-state index contributed by atoms with van der Waals surface area (Å²) >= 11 is 0. The lowest BCUT2D eigenvalue weighted by Gasteiger charge is -2.13. The number of aliphatic hydroxyl groups excluding tert-OH is 1. The SMILES string of the molecule is COCCNC[C@H](O)COc1ccccc1C#N. The van der Waals surface area contributed by atoms with Crippen LogP contribution >= 0.6 is 0 Å². The van der Waals surface area contributed by atoms with E-state index >= 15 is 0 Å². The predicted octanol–water partition coefficient (Wildman–Crippen LogP) is 0.534. The van der Waals surface area contributed by atoms with E-state index in [0.29, 0.717) is 31.0 Å². The van der Waals surface area contributed by atoms with Gasteiger partial charge in [-0.2, -0.15) is 5.26 Å². The van der Waals surface area contributed by atoms with E-state index in [1.165, 1.54) is 0 Å². The molecule has 0 radical (unpaired) electrons. The third-order valence-corrected chi connectivity index (χ3v) is 2.30. The number of benzene rings is 1. The van der Waals surface area contributed by atoms with Crippen molar-refractivity contribution in [2.75, 3.05) is 33.4 Å². The number of nitrogens with zero attached hydrogens (tertiary/aromatic N) is 1. The van der Waals surface area contributed by atoms with Gasteiger partial charge in [0.25, 0.3) is 0 Å². The standard InChI is InChI=1S/C13H18N2O3/c1-17-7-6-15-9-12(16)10-18-13-5-3-2-4-11(13)8-14/h2-5,12,15-16H,6-7,9-10H2,1H3/t12-/m0/s1. The zero-order valence-corrected chi connectivity index (χ0v) is 10.4. The van der Waals surface area contributed by atoms with Crippen LogP contribution in [-0.2, 0) is 4.74 Å². The van der Waals surface area contributed by atoms with Crippen molar-refractivity contribution in [1.29, 1.82) is 5.26 Å². The second-order valence-electron chi connectivity index (χ2n) is 3.77. The van der Waals surface area contributed by atoms with Crippen molar-refractivity contribution >= 4 is 0 Å². The first-order valence-corrected chi connectivity index (χ1v) is 5.77. The lowest BCUT2D eigenvalue weighted by molar-refractivity contribution is 0.103. The van der Waals surface area contributed by atoms with Crippen molar-refractivity contribution in [2.24, 2.45) is 0 Å². The molecule has 0 amide bonds. The highest BCUT2D eigenvalue weighted by Gasteiger charge is 2.07. The summed E-state index contributed by atoms with van der Waals surface area (Å²) in [5.74, 6) is 0.496. The third kappa shape index (κ3) is 5.15. The molecule has 0 saturated carbocycles. The Balaban J connectivity index is 2.29. The molecule has 0 aliphatic carbocycles. The number of hydrogen-bond donors (Lipinski definition) is 2. The zero-order valence-electron chi connectivity index (χ0n) is 10.4. The molecule has 1 rings (SSSR count). The van der Waals surface area contributed by atoms with Crippen LogP contribution in [0.1, 0.15) is 5.56 Å². The van der Waals surface area contributed by atoms with Gasteiger partial charge in [-0.3, -0.25) is 0 Å². The lowest BCUT2D eigenvalue weighted by Crippen LogP contribution is -2.33. The summed E-state index contributed by atoms with van der Waals surface area (Å²) in [7, 11) is 1.63. The lowest BCUT2D eigenvalue weighted by atomic mass is 10.2. The molecule has 1 atom stereocenters. The molecule has 98 valence electrons. The molecule has 0 aliphatic rings. The number of rotatable bonds is 8. The molecule has 0 bridgehead atoms. The van der Waals surface area contributed by atoms with Crippen LogP contribution in [-0.4, -0.2) is 44.6 Å². The quantitative estimate of drug-likeness (QED) is 0.658. The Labute approximate surface area is 107 Å². The summed E-state index contributed by atoms with van der Waals surface area (Å²) in [6.07, 6.45) is -0.617. The highest BCUT2D eigenvalue weighted by Crippen LogP contribution is 2.16. The van der Waals surface area contributed by atoms with Crippen LogP contribution in [0.5, 0.6) is 5.75 Å². The van der Waals surface area contributed by atoms with Crippen molar-refractivity contribution in [3.05, 3.63) is 29.8 Å². The van der Waals surface area contributed by atoms with Gasteiger partial charge in [-0.05, 0) is 12.1 Å². The van der Waals surface area contributed by atoms with Crippen molar-refractivity contribution < 1.29 is 14.6 Å². The van der Waals surface area contributed by atoms with E-state index in [-0.39, 0.29) is 6.61 Å². The highest BCUT2D eigenvalue weighted by atomic mass is 16.5. The van der Waals surface area contributed by atoms with E-state index in [2.05, 4.69) is 5.32 Å². The van der Waals surface area contributed by atoms with Crippen LogP contribution in [0.3, 0.4) is 0 Å². The fraction of sp³-hybridized carbons (Fsp3) is 0.462. The van der Waals surface area contributed by atoms with Gasteiger partial charge in [-0.1, -0.05) is 12.1 Å². The van der Waals surface area contributed by atoms with Crippen LogP contribution in [0.25, 0.3) is 0 Å². The van der Waals surface area contributed by atoms with E-state index in [0.717, 1.165) is 0 Å². The fourth-order valence-corrected chi connectivity index (χ4v) is 1.37. The minimum Gasteiger partial charge on any atom is -0.489 e. The Hall–Kier alpha value is -1.61. The van der Waals surface area contributed by atoms with Crippen LogP contribution in [0, 0.1) is 11.3 Å². The van der Waals surface area contributed by atoms with Gasteiger partial charge < -0.3 is 19.9 Å². The molecule has 0 fully saturated rings. The van der Waals surface area contributed by atoms with Gasteiger partial charge in [0.2, 0.25) is 0 Å². The van der Waals surface area contributed by atoms with Gasteiger partial charge in [-0.15, -0.1) is 0 Å². The second kappa shape index (κ2) is 8.48. The zero-order chi connectivity index (χ0) is 13.2. The topological polar surface area (TPSA) is 74.5 Å². The van der Waals surface area contributed by atoms with Gasteiger partial charge in [0, 0.05) is 20.2 Å². The molecule has 0 heterocycles. The molecule has 1 aromatic rings.